The third kappa shape index (κ3) is 2.63. The summed E-state index contributed by atoms with van der Waals surface area (Å²) in [6.45, 7) is 1.93. The first-order valence-corrected chi connectivity index (χ1v) is 7.66. The van der Waals surface area contributed by atoms with Gasteiger partial charge in [-0.15, -0.1) is 0 Å². The molecule has 0 bridgehead atoms. The van der Waals surface area contributed by atoms with Gasteiger partial charge < -0.3 is 0 Å². The number of hydrogen-bond donors (Lipinski definition) is 0. The van der Waals surface area contributed by atoms with Crippen molar-refractivity contribution in [3.05, 3.63) is 78.2 Å². The molecule has 0 aliphatic heterocycles. The van der Waals surface area contributed by atoms with Gasteiger partial charge in [-0.2, -0.15) is 0 Å². The monoisotopic (exact) mass is 315 g/mol. The molecule has 116 valence electrons. The van der Waals surface area contributed by atoms with Crippen molar-refractivity contribution in [1.29, 1.82) is 0 Å². The van der Waals surface area contributed by atoms with Crippen LogP contribution in [0.2, 0.25) is 0 Å². The van der Waals surface area contributed by atoms with Gasteiger partial charge in [0.2, 0.25) is 0 Å². The van der Waals surface area contributed by atoms with Crippen LogP contribution >= 0.6 is 0 Å². The Morgan fingerprint density at radius 2 is 1.67 bits per heavy atom. The summed E-state index contributed by atoms with van der Waals surface area (Å²) in [6.07, 6.45) is 1.78. The number of halogens is 1. The fraction of sp³-hybridized carbons (Fsp3) is 0.0500. The van der Waals surface area contributed by atoms with Gasteiger partial charge in [0, 0.05) is 17.1 Å². The molecule has 0 saturated carbocycles. The quantitative estimate of drug-likeness (QED) is 0.533. The van der Waals surface area contributed by atoms with Crippen LogP contribution in [-0.4, -0.2) is 15.0 Å². The van der Waals surface area contributed by atoms with Gasteiger partial charge in [-0.1, -0.05) is 35.9 Å². The normalized spacial score (nSPS) is 10.9. The van der Waals surface area contributed by atoms with Crippen molar-refractivity contribution in [2.75, 3.05) is 0 Å². The molecule has 2 aromatic carbocycles. The summed E-state index contributed by atoms with van der Waals surface area (Å²) in [6, 6.07) is 18.3. The number of nitrogens with zero attached hydrogens (tertiary/aromatic N) is 3. The molecule has 0 fully saturated rings. The average Bonchev–Trinajstić information content (AvgIpc) is 2.63. The van der Waals surface area contributed by atoms with E-state index in [1.54, 1.807) is 24.4 Å². The van der Waals surface area contributed by atoms with E-state index < -0.39 is 0 Å². The fourth-order valence-corrected chi connectivity index (χ4v) is 2.64. The Hall–Kier alpha value is -3.14. The van der Waals surface area contributed by atoms with Crippen molar-refractivity contribution in [3.8, 4) is 22.8 Å². The molecule has 0 saturated heterocycles. The second-order valence-electron chi connectivity index (χ2n) is 5.64. The zero-order valence-corrected chi connectivity index (χ0v) is 13.1. The van der Waals surface area contributed by atoms with E-state index in [4.69, 9.17) is 0 Å². The molecule has 2 aromatic heterocycles. The Balaban J connectivity index is 1.83. The second-order valence-corrected chi connectivity index (χ2v) is 5.64. The molecule has 3 nitrogen and oxygen atoms in total. The van der Waals surface area contributed by atoms with E-state index in [1.165, 1.54) is 6.07 Å². The Kier molecular flexibility index (Phi) is 3.50. The highest BCUT2D eigenvalue weighted by Gasteiger charge is 2.10. The number of para-hydroxylation sites is 1. The summed E-state index contributed by atoms with van der Waals surface area (Å²) in [5, 5.41) is 0.974. The molecule has 24 heavy (non-hydrogen) atoms. The molecule has 4 aromatic rings. The lowest BCUT2D eigenvalue weighted by Gasteiger charge is -2.07. The van der Waals surface area contributed by atoms with Crippen LogP contribution < -0.4 is 0 Å². The molecule has 2 heterocycles. The molecule has 0 aliphatic carbocycles. The molecule has 4 heteroatoms. The molecule has 0 spiro atoms. The minimum Gasteiger partial charge on any atom is -0.244 e. The van der Waals surface area contributed by atoms with Crippen molar-refractivity contribution in [1.82, 2.24) is 15.0 Å². The molecule has 4 rings (SSSR count). The van der Waals surface area contributed by atoms with E-state index in [1.807, 2.05) is 43.3 Å². The Labute approximate surface area is 138 Å². The van der Waals surface area contributed by atoms with Crippen LogP contribution in [0.25, 0.3) is 33.7 Å². The SMILES string of the molecule is Cc1ccc(F)c(-c2cccc(-c3ncc4ccccc4n3)n2)c1. The van der Waals surface area contributed by atoms with E-state index >= 15 is 0 Å². The Bertz CT molecular complexity index is 1040. The lowest BCUT2D eigenvalue weighted by molar-refractivity contribution is 0.630. The summed E-state index contributed by atoms with van der Waals surface area (Å²) in [7, 11) is 0. The van der Waals surface area contributed by atoms with Crippen LogP contribution in [0.3, 0.4) is 0 Å². The zero-order valence-electron chi connectivity index (χ0n) is 13.1. The number of hydrogen-bond acceptors (Lipinski definition) is 3. The van der Waals surface area contributed by atoms with Gasteiger partial charge in [-0.05, 0) is 37.3 Å². The van der Waals surface area contributed by atoms with Crippen LogP contribution in [0.5, 0.6) is 0 Å². The maximum absolute atomic E-state index is 14.1. The molecule has 0 aliphatic rings. The van der Waals surface area contributed by atoms with E-state index in [-0.39, 0.29) is 5.82 Å². The molecule has 0 N–H and O–H groups in total. The minimum atomic E-state index is -0.287. The fourth-order valence-electron chi connectivity index (χ4n) is 2.64. The summed E-state index contributed by atoms with van der Waals surface area (Å²) in [5.41, 5.74) is 3.53. The van der Waals surface area contributed by atoms with Crippen LogP contribution in [-0.2, 0) is 0 Å². The van der Waals surface area contributed by atoms with Gasteiger partial charge >= 0.3 is 0 Å². The van der Waals surface area contributed by atoms with E-state index in [9.17, 15) is 4.39 Å². The van der Waals surface area contributed by atoms with Crippen molar-refractivity contribution in [2.45, 2.75) is 6.92 Å². The number of aryl methyl sites for hydroxylation is 1. The Morgan fingerprint density at radius 3 is 2.58 bits per heavy atom. The van der Waals surface area contributed by atoms with Gasteiger partial charge in [-0.3, -0.25) is 0 Å². The molecule has 0 atom stereocenters. The second kappa shape index (κ2) is 5.81. The first kappa shape index (κ1) is 14.5. The van der Waals surface area contributed by atoms with Crippen molar-refractivity contribution >= 4 is 10.9 Å². The third-order valence-corrected chi connectivity index (χ3v) is 3.87. The molecular formula is C20H14FN3. The number of fused-ring (bicyclic) bond motifs is 1. The summed E-state index contributed by atoms with van der Waals surface area (Å²) in [5.74, 6) is 0.244. The topological polar surface area (TPSA) is 38.7 Å². The summed E-state index contributed by atoms with van der Waals surface area (Å²) < 4.78 is 14.1. The maximum atomic E-state index is 14.1. The standard InChI is InChI=1S/C20H14FN3/c1-13-9-10-16(21)15(11-13)18-7-4-8-19(23-18)20-22-12-14-5-2-3-6-17(14)24-20/h2-12H,1H3. The molecule has 0 amide bonds. The van der Waals surface area contributed by atoms with E-state index in [2.05, 4.69) is 15.0 Å². The van der Waals surface area contributed by atoms with Gasteiger partial charge in [0.15, 0.2) is 5.82 Å². The van der Waals surface area contributed by atoms with Crippen LogP contribution in [0.15, 0.2) is 66.9 Å². The highest BCUT2D eigenvalue weighted by Crippen LogP contribution is 2.25. The Morgan fingerprint density at radius 1 is 0.833 bits per heavy atom. The number of aromatic nitrogens is 3. The molecule has 0 radical (unpaired) electrons. The number of benzene rings is 2. The minimum absolute atomic E-state index is 0.287. The van der Waals surface area contributed by atoms with E-state index in [0.29, 0.717) is 22.8 Å². The predicted molar refractivity (Wildman–Crippen MR) is 92.9 cm³/mol. The third-order valence-electron chi connectivity index (χ3n) is 3.87. The van der Waals surface area contributed by atoms with Gasteiger partial charge in [-0.25, -0.2) is 19.3 Å². The first-order valence-electron chi connectivity index (χ1n) is 7.66. The van der Waals surface area contributed by atoms with E-state index in [0.717, 1.165) is 16.5 Å². The largest absolute Gasteiger partial charge is 0.244 e. The van der Waals surface area contributed by atoms with Gasteiger partial charge in [0.05, 0.1) is 11.2 Å². The van der Waals surface area contributed by atoms with Crippen LogP contribution in [0.1, 0.15) is 5.56 Å². The average molecular weight is 315 g/mol. The van der Waals surface area contributed by atoms with Gasteiger partial charge in [0.1, 0.15) is 11.5 Å². The highest BCUT2D eigenvalue weighted by atomic mass is 19.1. The summed E-state index contributed by atoms with van der Waals surface area (Å²) >= 11 is 0. The lowest BCUT2D eigenvalue weighted by Crippen LogP contribution is -1.95. The number of rotatable bonds is 2. The van der Waals surface area contributed by atoms with Gasteiger partial charge in [0.25, 0.3) is 0 Å². The van der Waals surface area contributed by atoms with Crippen molar-refractivity contribution in [3.63, 3.8) is 0 Å². The van der Waals surface area contributed by atoms with Crippen LogP contribution in [0.4, 0.5) is 4.39 Å². The number of pyridine rings is 1. The predicted octanol–water partition coefficient (Wildman–Crippen LogP) is 4.81. The van der Waals surface area contributed by atoms with Crippen molar-refractivity contribution in [2.24, 2.45) is 0 Å². The van der Waals surface area contributed by atoms with Crippen molar-refractivity contribution < 1.29 is 4.39 Å². The summed E-state index contributed by atoms with van der Waals surface area (Å²) in [4.78, 5) is 13.5. The maximum Gasteiger partial charge on any atom is 0.178 e. The lowest BCUT2D eigenvalue weighted by atomic mass is 10.1. The molecular weight excluding hydrogens is 301 g/mol. The zero-order chi connectivity index (χ0) is 16.5. The molecule has 0 unspecified atom stereocenters. The van der Waals surface area contributed by atoms with Crippen LogP contribution in [0, 0.1) is 12.7 Å². The first-order chi connectivity index (χ1) is 11.7. The smallest absolute Gasteiger partial charge is 0.178 e. The highest BCUT2D eigenvalue weighted by molar-refractivity contribution is 5.79.